The summed E-state index contributed by atoms with van der Waals surface area (Å²) in [5.74, 6) is -0.0406. The van der Waals surface area contributed by atoms with Gasteiger partial charge in [-0.25, -0.2) is 4.68 Å². The fraction of sp³-hybridized carbons (Fsp3) is 0.636. The van der Waals surface area contributed by atoms with Crippen molar-refractivity contribution in [3.63, 3.8) is 0 Å². The van der Waals surface area contributed by atoms with Crippen LogP contribution in [0.4, 0.5) is 0 Å². The Labute approximate surface area is 105 Å². The minimum Gasteiger partial charge on any atom is -0.352 e. The van der Waals surface area contributed by atoms with Crippen LogP contribution in [0.15, 0.2) is 12.4 Å². The van der Waals surface area contributed by atoms with Crippen molar-refractivity contribution in [3.8, 4) is 0 Å². The van der Waals surface area contributed by atoms with Crippen LogP contribution in [0.1, 0.15) is 19.8 Å². The summed E-state index contributed by atoms with van der Waals surface area (Å²) in [6.07, 6.45) is 5.04. The number of piperidine rings is 1. The van der Waals surface area contributed by atoms with Crippen LogP contribution in [0.25, 0.3) is 0 Å². The summed E-state index contributed by atoms with van der Waals surface area (Å²) in [5.41, 5.74) is 0. The van der Waals surface area contributed by atoms with E-state index in [1.807, 2.05) is 0 Å². The smallest absolute Gasteiger partial charge is 0.244 e. The molecule has 1 unspecified atom stereocenters. The van der Waals surface area contributed by atoms with Crippen LogP contribution in [-0.4, -0.2) is 50.8 Å². The summed E-state index contributed by atoms with van der Waals surface area (Å²) in [7, 11) is 0. The third kappa shape index (κ3) is 3.28. The van der Waals surface area contributed by atoms with E-state index in [1.54, 1.807) is 17.3 Å². The van der Waals surface area contributed by atoms with E-state index in [-0.39, 0.29) is 24.4 Å². The normalized spacial score (nSPS) is 19.6. The molecule has 0 bridgehead atoms. The number of carbonyl (C=O) groups is 2. The molecule has 1 fully saturated rings. The quantitative estimate of drug-likeness (QED) is 0.778. The topological polar surface area (TPSA) is 80.1 Å². The second kappa shape index (κ2) is 5.61. The molecule has 1 saturated heterocycles. The largest absolute Gasteiger partial charge is 0.352 e. The van der Waals surface area contributed by atoms with Gasteiger partial charge in [-0.05, 0) is 12.8 Å². The average molecular weight is 251 g/mol. The number of aromatic nitrogens is 3. The predicted molar refractivity (Wildman–Crippen MR) is 63.4 cm³/mol. The van der Waals surface area contributed by atoms with Gasteiger partial charge in [0.2, 0.25) is 11.8 Å². The lowest BCUT2D eigenvalue weighted by molar-refractivity contribution is -0.134. The predicted octanol–water partition coefficient (Wildman–Crippen LogP) is -0.595. The molecule has 98 valence electrons. The van der Waals surface area contributed by atoms with Gasteiger partial charge in [0.15, 0.2) is 0 Å². The van der Waals surface area contributed by atoms with Crippen LogP contribution >= 0.6 is 0 Å². The van der Waals surface area contributed by atoms with Gasteiger partial charge < -0.3 is 10.2 Å². The molecule has 18 heavy (non-hydrogen) atoms. The van der Waals surface area contributed by atoms with E-state index in [0.29, 0.717) is 6.54 Å². The molecular weight excluding hydrogens is 234 g/mol. The van der Waals surface area contributed by atoms with Crippen molar-refractivity contribution >= 4 is 11.8 Å². The minimum absolute atomic E-state index is 0.00977. The van der Waals surface area contributed by atoms with E-state index >= 15 is 0 Å². The summed E-state index contributed by atoms with van der Waals surface area (Å²) in [4.78, 5) is 24.8. The lowest BCUT2D eigenvalue weighted by Crippen LogP contribution is -2.49. The van der Waals surface area contributed by atoms with Crippen molar-refractivity contribution in [2.75, 3.05) is 13.1 Å². The van der Waals surface area contributed by atoms with Crippen LogP contribution < -0.4 is 5.32 Å². The van der Waals surface area contributed by atoms with Gasteiger partial charge in [-0.15, -0.1) is 5.10 Å². The molecule has 2 amide bonds. The van der Waals surface area contributed by atoms with Crippen LogP contribution in [0.5, 0.6) is 0 Å². The maximum absolute atomic E-state index is 12.0. The Kier molecular flexibility index (Phi) is 3.91. The Balaban J connectivity index is 1.88. The van der Waals surface area contributed by atoms with Gasteiger partial charge in [0.25, 0.3) is 0 Å². The van der Waals surface area contributed by atoms with Gasteiger partial charge in [0.05, 0.1) is 6.20 Å². The summed E-state index contributed by atoms with van der Waals surface area (Å²) in [5, 5.41) is 10.3. The van der Waals surface area contributed by atoms with E-state index in [1.165, 1.54) is 11.6 Å². The summed E-state index contributed by atoms with van der Waals surface area (Å²) < 4.78 is 1.50. The number of carbonyl (C=O) groups excluding carboxylic acids is 2. The van der Waals surface area contributed by atoms with Crippen molar-refractivity contribution in [1.82, 2.24) is 25.2 Å². The molecule has 1 N–H and O–H groups in total. The maximum Gasteiger partial charge on any atom is 0.244 e. The first-order chi connectivity index (χ1) is 8.65. The second-order valence-corrected chi connectivity index (χ2v) is 4.48. The average Bonchev–Trinajstić information content (AvgIpc) is 2.81. The third-order valence-electron chi connectivity index (χ3n) is 2.95. The molecule has 0 spiro atoms. The first-order valence-corrected chi connectivity index (χ1v) is 6.04. The molecule has 0 radical (unpaired) electrons. The van der Waals surface area contributed by atoms with Crippen LogP contribution in [0.3, 0.4) is 0 Å². The molecular formula is C11H17N5O2. The highest BCUT2D eigenvalue weighted by atomic mass is 16.2. The molecule has 1 aliphatic heterocycles. The highest BCUT2D eigenvalue weighted by Crippen LogP contribution is 2.10. The zero-order valence-electron chi connectivity index (χ0n) is 10.4. The molecule has 1 atom stereocenters. The van der Waals surface area contributed by atoms with Crippen molar-refractivity contribution in [3.05, 3.63) is 12.4 Å². The van der Waals surface area contributed by atoms with Crippen LogP contribution in [0.2, 0.25) is 0 Å². The van der Waals surface area contributed by atoms with E-state index in [0.717, 1.165) is 19.4 Å². The number of hydrogen-bond donors (Lipinski definition) is 1. The zero-order valence-corrected chi connectivity index (χ0v) is 10.4. The van der Waals surface area contributed by atoms with Crippen LogP contribution in [0, 0.1) is 0 Å². The van der Waals surface area contributed by atoms with Crippen molar-refractivity contribution in [2.24, 2.45) is 0 Å². The number of amides is 2. The SMILES string of the molecule is CC(=O)NC1CCCN(C(=O)Cn2ccnn2)C1. The molecule has 1 aromatic heterocycles. The van der Waals surface area contributed by atoms with E-state index < -0.39 is 0 Å². The number of likely N-dealkylation sites (tertiary alicyclic amines) is 1. The van der Waals surface area contributed by atoms with Crippen LogP contribution in [-0.2, 0) is 16.1 Å². The molecule has 1 aromatic rings. The minimum atomic E-state index is -0.0504. The maximum atomic E-state index is 12.0. The number of nitrogens with one attached hydrogen (secondary N) is 1. The monoisotopic (exact) mass is 251 g/mol. The van der Waals surface area contributed by atoms with E-state index in [2.05, 4.69) is 15.6 Å². The fourth-order valence-corrected chi connectivity index (χ4v) is 2.16. The highest BCUT2D eigenvalue weighted by molar-refractivity contribution is 5.76. The lowest BCUT2D eigenvalue weighted by atomic mass is 10.1. The Bertz CT molecular complexity index is 417. The number of rotatable bonds is 3. The molecule has 0 saturated carbocycles. The number of hydrogen-bond acceptors (Lipinski definition) is 4. The van der Waals surface area contributed by atoms with Crippen molar-refractivity contribution < 1.29 is 9.59 Å². The zero-order chi connectivity index (χ0) is 13.0. The van der Waals surface area contributed by atoms with Gasteiger partial charge >= 0.3 is 0 Å². The standard InChI is InChI=1S/C11H17N5O2/c1-9(17)13-10-3-2-5-15(7-10)11(18)8-16-6-4-12-14-16/h4,6,10H,2-3,5,7-8H2,1H3,(H,13,17). The second-order valence-electron chi connectivity index (χ2n) is 4.48. The molecule has 1 aliphatic rings. The Morgan fingerprint density at radius 2 is 2.33 bits per heavy atom. The third-order valence-corrected chi connectivity index (χ3v) is 2.95. The van der Waals surface area contributed by atoms with Gasteiger partial charge in [0, 0.05) is 32.3 Å². The Hall–Kier alpha value is -1.92. The first kappa shape index (κ1) is 12.5. The molecule has 2 heterocycles. The molecule has 2 rings (SSSR count). The van der Waals surface area contributed by atoms with E-state index in [9.17, 15) is 9.59 Å². The first-order valence-electron chi connectivity index (χ1n) is 6.04. The summed E-state index contributed by atoms with van der Waals surface area (Å²) >= 11 is 0. The Morgan fingerprint density at radius 1 is 1.50 bits per heavy atom. The lowest BCUT2D eigenvalue weighted by Gasteiger charge is -2.32. The van der Waals surface area contributed by atoms with Gasteiger partial charge in [-0.1, -0.05) is 5.21 Å². The summed E-state index contributed by atoms with van der Waals surface area (Å²) in [6, 6.07) is 0.0657. The molecule has 0 aromatic carbocycles. The fourth-order valence-electron chi connectivity index (χ4n) is 2.16. The van der Waals surface area contributed by atoms with Gasteiger partial charge in [0.1, 0.15) is 6.54 Å². The molecule has 7 heteroatoms. The Morgan fingerprint density at radius 3 is 3.00 bits per heavy atom. The number of nitrogens with zero attached hydrogens (tertiary/aromatic N) is 4. The van der Waals surface area contributed by atoms with Crippen molar-refractivity contribution in [1.29, 1.82) is 0 Å². The van der Waals surface area contributed by atoms with E-state index in [4.69, 9.17) is 0 Å². The summed E-state index contributed by atoms with van der Waals surface area (Å²) in [6.45, 7) is 3.01. The van der Waals surface area contributed by atoms with Gasteiger partial charge in [-0.3, -0.25) is 9.59 Å². The molecule has 0 aliphatic carbocycles. The molecule has 7 nitrogen and oxygen atoms in total. The van der Waals surface area contributed by atoms with Gasteiger partial charge in [-0.2, -0.15) is 0 Å². The van der Waals surface area contributed by atoms with Crippen molar-refractivity contribution in [2.45, 2.75) is 32.4 Å². The highest BCUT2D eigenvalue weighted by Gasteiger charge is 2.24.